The summed E-state index contributed by atoms with van der Waals surface area (Å²) in [7, 11) is 0. The maximum absolute atomic E-state index is 11.4. The summed E-state index contributed by atoms with van der Waals surface area (Å²) in [4.78, 5) is 22.5. The smallest absolute Gasteiger partial charge is 0.339 e. The molecule has 0 bridgehead atoms. The van der Waals surface area contributed by atoms with E-state index in [4.69, 9.17) is 9.84 Å². The quantitative estimate of drug-likeness (QED) is 0.770. The summed E-state index contributed by atoms with van der Waals surface area (Å²) in [5.41, 5.74) is 0.667. The number of hydrogen-bond acceptors (Lipinski definition) is 3. The van der Waals surface area contributed by atoms with Gasteiger partial charge in [-0.2, -0.15) is 0 Å². The fourth-order valence-corrected chi connectivity index (χ4v) is 2.16. The summed E-state index contributed by atoms with van der Waals surface area (Å²) >= 11 is 0. The molecule has 0 atom stereocenters. The Labute approximate surface area is 145 Å². The van der Waals surface area contributed by atoms with Crippen LogP contribution in [0.15, 0.2) is 42.5 Å². The van der Waals surface area contributed by atoms with Crippen LogP contribution in [0.4, 0.5) is 0 Å². The topological polar surface area (TPSA) is 83.8 Å². The van der Waals surface area contributed by atoms with Gasteiger partial charge in [0.05, 0.1) is 5.56 Å². The Morgan fingerprint density at radius 1 is 1.00 bits per heavy atom. The van der Waals surface area contributed by atoms with Gasteiger partial charge in [0.25, 0.3) is 0 Å². The zero-order chi connectivity index (χ0) is 18.2. The lowest BCUT2D eigenvalue weighted by Crippen LogP contribution is -2.04. The van der Waals surface area contributed by atoms with Gasteiger partial charge in [0.15, 0.2) is 0 Å². The summed E-state index contributed by atoms with van der Waals surface area (Å²) in [6.45, 7) is 2.05. The van der Waals surface area contributed by atoms with Crippen molar-refractivity contribution in [3.8, 4) is 23.3 Å². The molecule has 2 rings (SSSR count). The lowest BCUT2D eigenvalue weighted by atomic mass is 10.1. The number of para-hydroxylation sites is 1. The van der Waals surface area contributed by atoms with Crippen LogP contribution < -0.4 is 4.74 Å². The molecule has 25 heavy (non-hydrogen) atoms. The lowest BCUT2D eigenvalue weighted by molar-refractivity contribution is 0.0678. The van der Waals surface area contributed by atoms with Crippen LogP contribution in [0.5, 0.6) is 11.5 Å². The lowest BCUT2D eigenvalue weighted by Gasteiger charge is -2.12. The molecule has 2 aromatic rings. The number of ether oxygens (including phenoxy) is 1. The van der Waals surface area contributed by atoms with Crippen molar-refractivity contribution in [1.29, 1.82) is 0 Å². The van der Waals surface area contributed by atoms with E-state index in [9.17, 15) is 14.7 Å². The molecular weight excluding hydrogens is 320 g/mol. The highest BCUT2D eigenvalue weighted by molar-refractivity contribution is 5.94. The summed E-state index contributed by atoms with van der Waals surface area (Å²) in [6.07, 6.45) is 2.26. The number of rotatable bonds is 6. The summed E-state index contributed by atoms with van der Waals surface area (Å²) in [5, 5.41) is 18.4. The molecule has 0 amide bonds. The second kappa shape index (κ2) is 8.55. The van der Waals surface area contributed by atoms with Crippen molar-refractivity contribution in [1.82, 2.24) is 0 Å². The Bertz CT molecular complexity index is 843. The van der Waals surface area contributed by atoms with E-state index in [2.05, 4.69) is 18.8 Å². The standard InChI is InChI=1S/C20H18O5/c1-2-3-4-5-8-14-9-6-7-10-17(14)25-18-13-15(19(21)22)11-12-16(18)20(23)24/h6-7,9-13H,2-3,8H2,1H3,(H,21,22)(H,23,24). The molecule has 128 valence electrons. The minimum atomic E-state index is -1.19. The van der Waals surface area contributed by atoms with Gasteiger partial charge in [-0.1, -0.05) is 31.0 Å². The third kappa shape index (κ3) is 4.85. The van der Waals surface area contributed by atoms with Crippen molar-refractivity contribution in [2.24, 2.45) is 0 Å². The van der Waals surface area contributed by atoms with Gasteiger partial charge >= 0.3 is 11.9 Å². The molecule has 2 N–H and O–H groups in total. The number of carboxylic acids is 2. The molecule has 0 unspecified atom stereocenters. The first-order chi connectivity index (χ1) is 12.0. The molecule has 0 aromatic heterocycles. The van der Waals surface area contributed by atoms with Crippen molar-refractivity contribution in [2.45, 2.75) is 26.2 Å². The second-order valence-electron chi connectivity index (χ2n) is 5.31. The second-order valence-corrected chi connectivity index (χ2v) is 5.31. The molecular formula is C20H18O5. The SMILES string of the molecule is CCCC#CCc1ccccc1Oc1cc(C(=O)O)ccc1C(=O)O. The fraction of sp³-hybridized carbons (Fsp3) is 0.200. The van der Waals surface area contributed by atoms with Gasteiger partial charge in [-0.15, -0.1) is 5.92 Å². The van der Waals surface area contributed by atoms with Gasteiger partial charge in [0, 0.05) is 18.4 Å². The van der Waals surface area contributed by atoms with E-state index in [1.165, 1.54) is 18.2 Å². The maximum Gasteiger partial charge on any atom is 0.339 e. The Hall–Kier alpha value is -3.26. The highest BCUT2D eigenvalue weighted by atomic mass is 16.5. The minimum Gasteiger partial charge on any atom is -0.478 e. The van der Waals surface area contributed by atoms with Crippen molar-refractivity contribution in [3.05, 3.63) is 59.2 Å². The first-order valence-electron chi connectivity index (χ1n) is 7.85. The average molecular weight is 338 g/mol. The molecule has 5 heteroatoms. The molecule has 5 nitrogen and oxygen atoms in total. The molecule has 0 saturated heterocycles. The zero-order valence-electron chi connectivity index (χ0n) is 13.8. The van der Waals surface area contributed by atoms with E-state index in [1.807, 2.05) is 12.1 Å². The highest BCUT2D eigenvalue weighted by Crippen LogP contribution is 2.29. The molecule has 2 aromatic carbocycles. The molecule has 0 aliphatic carbocycles. The molecule has 0 radical (unpaired) electrons. The van der Waals surface area contributed by atoms with E-state index in [0.717, 1.165) is 18.4 Å². The Balaban J connectivity index is 2.36. The fourth-order valence-electron chi connectivity index (χ4n) is 2.16. The Morgan fingerprint density at radius 3 is 2.44 bits per heavy atom. The first-order valence-corrected chi connectivity index (χ1v) is 7.85. The van der Waals surface area contributed by atoms with Gasteiger partial charge in [-0.3, -0.25) is 0 Å². The maximum atomic E-state index is 11.4. The normalized spacial score (nSPS) is 9.80. The average Bonchev–Trinajstić information content (AvgIpc) is 2.59. The third-order valence-corrected chi connectivity index (χ3v) is 3.43. The monoisotopic (exact) mass is 338 g/mol. The van der Waals surface area contributed by atoms with Gasteiger partial charge in [0.1, 0.15) is 17.1 Å². The predicted molar refractivity (Wildman–Crippen MR) is 93.3 cm³/mol. The van der Waals surface area contributed by atoms with Crippen molar-refractivity contribution in [2.75, 3.05) is 0 Å². The highest BCUT2D eigenvalue weighted by Gasteiger charge is 2.16. The summed E-state index contributed by atoms with van der Waals surface area (Å²) in [5.74, 6) is 4.21. The minimum absolute atomic E-state index is 0.0126. The van der Waals surface area contributed by atoms with E-state index >= 15 is 0 Å². The van der Waals surface area contributed by atoms with Crippen molar-refractivity contribution in [3.63, 3.8) is 0 Å². The largest absolute Gasteiger partial charge is 0.478 e. The van der Waals surface area contributed by atoms with Gasteiger partial charge < -0.3 is 14.9 Å². The van der Waals surface area contributed by atoms with Crippen LogP contribution in [0, 0.1) is 11.8 Å². The number of benzene rings is 2. The Kier molecular flexibility index (Phi) is 6.19. The predicted octanol–water partition coefficient (Wildman–Crippen LogP) is 4.22. The number of hydrogen-bond donors (Lipinski definition) is 2. The molecule has 0 aliphatic rings. The number of carbonyl (C=O) groups is 2. The van der Waals surface area contributed by atoms with Gasteiger partial charge in [0.2, 0.25) is 0 Å². The van der Waals surface area contributed by atoms with Crippen molar-refractivity contribution >= 4 is 11.9 Å². The zero-order valence-corrected chi connectivity index (χ0v) is 13.8. The number of aromatic carboxylic acids is 2. The van der Waals surface area contributed by atoms with E-state index in [0.29, 0.717) is 12.2 Å². The van der Waals surface area contributed by atoms with Crippen LogP contribution in [0.1, 0.15) is 46.0 Å². The van der Waals surface area contributed by atoms with E-state index in [-0.39, 0.29) is 16.9 Å². The van der Waals surface area contributed by atoms with Crippen LogP contribution in [0.3, 0.4) is 0 Å². The molecule has 0 aliphatic heterocycles. The van der Waals surface area contributed by atoms with Crippen LogP contribution in [0.25, 0.3) is 0 Å². The van der Waals surface area contributed by atoms with Crippen LogP contribution in [-0.2, 0) is 6.42 Å². The molecule has 0 saturated carbocycles. The van der Waals surface area contributed by atoms with E-state index < -0.39 is 11.9 Å². The van der Waals surface area contributed by atoms with Crippen LogP contribution in [0.2, 0.25) is 0 Å². The molecule has 0 heterocycles. The number of unbranched alkanes of at least 4 members (excludes halogenated alkanes) is 1. The van der Waals surface area contributed by atoms with Gasteiger partial charge in [-0.25, -0.2) is 9.59 Å². The van der Waals surface area contributed by atoms with Crippen LogP contribution >= 0.6 is 0 Å². The molecule has 0 spiro atoms. The Morgan fingerprint density at radius 2 is 1.76 bits per heavy atom. The summed E-state index contributed by atoms with van der Waals surface area (Å²) in [6, 6.07) is 10.8. The van der Waals surface area contributed by atoms with E-state index in [1.54, 1.807) is 12.1 Å². The van der Waals surface area contributed by atoms with Gasteiger partial charge in [-0.05, 0) is 30.7 Å². The summed E-state index contributed by atoms with van der Waals surface area (Å²) < 4.78 is 5.74. The van der Waals surface area contributed by atoms with Crippen LogP contribution in [-0.4, -0.2) is 22.2 Å². The number of carboxylic acid groups (broad SMARTS) is 2. The molecule has 0 fully saturated rings. The third-order valence-electron chi connectivity index (χ3n) is 3.43. The van der Waals surface area contributed by atoms with Crippen molar-refractivity contribution < 1.29 is 24.5 Å². The first kappa shape index (κ1) is 18.1.